The molecule has 8 nitrogen and oxygen atoms in total. The Hall–Kier alpha value is -3.40. The highest BCUT2D eigenvalue weighted by Gasteiger charge is 2.51. The number of piperazine rings is 1. The first-order valence-electron chi connectivity index (χ1n) is 10.9. The van der Waals surface area contributed by atoms with Gasteiger partial charge in [0.05, 0.1) is 11.2 Å². The van der Waals surface area contributed by atoms with Crippen LogP contribution in [0.3, 0.4) is 0 Å². The fourth-order valence-corrected chi connectivity index (χ4v) is 4.59. The van der Waals surface area contributed by atoms with E-state index in [2.05, 4.69) is 25.2 Å². The maximum absolute atomic E-state index is 15.2. The number of benzene rings is 1. The second kappa shape index (κ2) is 7.87. The summed E-state index contributed by atoms with van der Waals surface area (Å²) in [5.41, 5.74) is 1.17. The van der Waals surface area contributed by atoms with E-state index in [1.165, 1.54) is 13.1 Å². The monoisotopic (exact) mass is 454 g/mol. The molecular weight excluding hydrogens is 430 g/mol. The van der Waals surface area contributed by atoms with Gasteiger partial charge >= 0.3 is 0 Å². The second-order valence-electron chi connectivity index (χ2n) is 8.74. The van der Waals surface area contributed by atoms with Gasteiger partial charge in [-0.3, -0.25) is 14.5 Å². The summed E-state index contributed by atoms with van der Waals surface area (Å²) in [4.78, 5) is 38.4. The summed E-state index contributed by atoms with van der Waals surface area (Å²) in [5.74, 6) is -1.57. The Bertz CT molecular complexity index is 1320. The van der Waals surface area contributed by atoms with Gasteiger partial charge in [0.1, 0.15) is 16.9 Å². The van der Waals surface area contributed by atoms with Gasteiger partial charge in [0.15, 0.2) is 5.82 Å². The Kier molecular flexibility index (Phi) is 5.12. The van der Waals surface area contributed by atoms with Crippen molar-refractivity contribution in [2.75, 3.05) is 31.6 Å². The van der Waals surface area contributed by atoms with E-state index >= 15 is 4.39 Å². The maximum Gasteiger partial charge on any atom is 0.269 e. The number of carbonyl (C=O) groups excluding carboxylic acids is 1. The number of aromatic amines is 1. The van der Waals surface area contributed by atoms with Crippen LogP contribution in [0.5, 0.6) is 0 Å². The van der Waals surface area contributed by atoms with Crippen molar-refractivity contribution in [3.05, 3.63) is 63.3 Å². The quantitative estimate of drug-likeness (QED) is 0.587. The van der Waals surface area contributed by atoms with Crippen molar-refractivity contribution >= 4 is 22.6 Å². The molecule has 0 radical (unpaired) electrons. The van der Waals surface area contributed by atoms with Crippen LogP contribution in [0.25, 0.3) is 11.0 Å². The van der Waals surface area contributed by atoms with Gasteiger partial charge in [0.2, 0.25) is 5.95 Å². The molecule has 10 heteroatoms. The van der Waals surface area contributed by atoms with E-state index < -0.39 is 23.2 Å². The normalized spacial score (nSPS) is 17.5. The van der Waals surface area contributed by atoms with E-state index in [-0.39, 0.29) is 16.7 Å². The van der Waals surface area contributed by atoms with Gasteiger partial charge in [-0.15, -0.1) is 0 Å². The van der Waals surface area contributed by atoms with Gasteiger partial charge in [-0.25, -0.2) is 14.4 Å². The van der Waals surface area contributed by atoms with E-state index in [9.17, 15) is 14.0 Å². The third kappa shape index (κ3) is 3.74. The molecule has 2 fully saturated rings. The molecule has 2 aliphatic rings. The molecule has 1 amide bonds. The molecule has 0 unspecified atom stereocenters. The third-order valence-electron chi connectivity index (χ3n) is 6.67. The summed E-state index contributed by atoms with van der Waals surface area (Å²) < 4.78 is 29.9. The van der Waals surface area contributed by atoms with Crippen LogP contribution < -0.4 is 15.8 Å². The van der Waals surface area contributed by atoms with Gasteiger partial charge < -0.3 is 15.2 Å². The van der Waals surface area contributed by atoms with E-state index in [4.69, 9.17) is 0 Å². The predicted octanol–water partition coefficient (Wildman–Crippen LogP) is 2.12. The SMILES string of the molecule is CNC(=O)c1ccc(N2CCN(Cc3ccc4nc(C)c(=O)[nH]c4c3F)C3(CC3)C2)c(F)n1. The Morgan fingerprint density at radius 1 is 1.18 bits per heavy atom. The largest absolute Gasteiger partial charge is 0.365 e. The Balaban J connectivity index is 1.36. The molecule has 3 heterocycles. The minimum absolute atomic E-state index is 0.0352. The van der Waals surface area contributed by atoms with Crippen molar-refractivity contribution in [1.82, 2.24) is 25.2 Å². The molecule has 1 saturated heterocycles. The Labute approximate surface area is 188 Å². The van der Waals surface area contributed by atoms with Crippen molar-refractivity contribution in [2.45, 2.75) is 31.8 Å². The molecule has 1 spiro atoms. The van der Waals surface area contributed by atoms with Gasteiger partial charge in [0.25, 0.3) is 11.5 Å². The number of halogens is 2. The summed E-state index contributed by atoms with van der Waals surface area (Å²) >= 11 is 0. The smallest absolute Gasteiger partial charge is 0.269 e. The van der Waals surface area contributed by atoms with Crippen LogP contribution in [0.1, 0.15) is 34.6 Å². The van der Waals surface area contributed by atoms with Crippen molar-refractivity contribution in [2.24, 2.45) is 0 Å². The van der Waals surface area contributed by atoms with Crippen LogP contribution in [0, 0.1) is 18.7 Å². The number of amides is 1. The Morgan fingerprint density at radius 3 is 2.67 bits per heavy atom. The minimum atomic E-state index is -0.673. The molecular formula is C23H24F2N6O2. The summed E-state index contributed by atoms with van der Waals surface area (Å²) in [6.07, 6.45) is 1.86. The van der Waals surface area contributed by atoms with Crippen LogP contribution in [0.4, 0.5) is 14.5 Å². The zero-order valence-corrected chi connectivity index (χ0v) is 18.4. The number of hydrogen-bond donors (Lipinski definition) is 2. The van der Waals surface area contributed by atoms with Crippen molar-refractivity contribution < 1.29 is 13.6 Å². The molecule has 2 aromatic heterocycles. The molecule has 33 heavy (non-hydrogen) atoms. The number of pyridine rings is 1. The lowest BCUT2D eigenvalue weighted by atomic mass is 10.1. The van der Waals surface area contributed by atoms with E-state index in [1.807, 2.05) is 4.90 Å². The number of hydrogen-bond acceptors (Lipinski definition) is 6. The van der Waals surface area contributed by atoms with Crippen molar-refractivity contribution in [1.29, 1.82) is 0 Å². The molecule has 1 aliphatic carbocycles. The molecule has 5 rings (SSSR count). The number of aryl methyl sites for hydroxylation is 1. The molecule has 0 bridgehead atoms. The zero-order valence-electron chi connectivity index (χ0n) is 18.4. The second-order valence-corrected chi connectivity index (χ2v) is 8.74. The Morgan fingerprint density at radius 2 is 1.97 bits per heavy atom. The number of rotatable bonds is 4. The van der Waals surface area contributed by atoms with Crippen LogP contribution in [0.15, 0.2) is 29.1 Å². The highest BCUT2D eigenvalue weighted by atomic mass is 19.1. The summed E-state index contributed by atoms with van der Waals surface area (Å²) in [7, 11) is 1.47. The van der Waals surface area contributed by atoms with Gasteiger partial charge in [-0.05, 0) is 38.0 Å². The summed E-state index contributed by atoms with van der Waals surface area (Å²) in [6, 6.07) is 6.55. The minimum Gasteiger partial charge on any atom is -0.365 e. The first-order chi connectivity index (χ1) is 15.8. The first-order valence-corrected chi connectivity index (χ1v) is 10.9. The van der Waals surface area contributed by atoms with Crippen LogP contribution in [-0.4, -0.2) is 58.0 Å². The highest BCUT2D eigenvalue weighted by molar-refractivity contribution is 5.92. The zero-order chi connectivity index (χ0) is 23.3. The average molecular weight is 454 g/mol. The fraction of sp³-hybridized carbons (Fsp3) is 0.391. The maximum atomic E-state index is 15.2. The first kappa shape index (κ1) is 21.4. The van der Waals surface area contributed by atoms with Crippen molar-refractivity contribution in [3.8, 4) is 0 Å². The van der Waals surface area contributed by atoms with E-state index in [1.54, 1.807) is 25.1 Å². The van der Waals surface area contributed by atoms with Gasteiger partial charge in [-0.1, -0.05) is 6.07 Å². The van der Waals surface area contributed by atoms with Crippen LogP contribution in [-0.2, 0) is 6.54 Å². The van der Waals surface area contributed by atoms with Gasteiger partial charge in [-0.2, -0.15) is 4.39 Å². The molecule has 2 N–H and O–H groups in total. The van der Waals surface area contributed by atoms with Crippen LogP contribution in [0.2, 0.25) is 0 Å². The standard InChI is InChI=1S/C23H24F2N6O2/c1-13-21(32)29-19-15(27-13)4-3-14(18(19)24)11-31-10-9-30(12-23(31)7-8-23)17-6-5-16(22(33)26-2)28-20(17)25/h3-6H,7-12H2,1-2H3,(H,26,33)(H,29,32). The number of nitrogens with zero attached hydrogens (tertiary/aromatic N) is 4. The lowest BCUT2D eigenvalue weighted by molar-refractivity contribution is 0.0957. The highest BCUT2D eigenvalue weighted by Crippen LogP contribution is 2.46. The number of aromatic nitrogens is 3. The predicted molar refractivity (Wildman–Crippen MR) is 119 cm³/mol. The van der Waals surface area contributed by atoms with E-state index in [0.29, 0.717) is 48.6 Å². The molecule has 1 saturated carbocycles. The number of nitrogens with one attached hydrogen (secondary N) is 2. The number of H-pyrrole nitrogens is 1. The molecule has 0 atom stereocenters. The summed E-state index contributed by atoms with van der Waals surface area (Å²) in [5, 5.41) is 2.44. The molecule has 1 aromatic carbocycles. The fourth-order valence-electron chi connectivity index (χ4n) is 4.59. The van der Waals surface area contributed by atoms with Crippen molar-refractivity contribution in [3.63, 3.8) is 0 Å². The number of carbonyl (C=O) groups is 1. The van der Waals surface area contributed by atoms with E-state index in [0.717, 1.165) is 12.8 Å². The van der Waals surface area contributed by atoms with Crippen LogP contribution >= 0.6 is 0 Å². The summed E-state index contributed by atoms with van der Waals surface area (Å²) in [6.45, 7) is 3.74. The molecule has 3 aromatic rings. The van der Waals surface area contributed by atoms with Gasteiger partial charge in [0, 0.05) is 44.3 Å². The lowest BCUT2D eigenvalue weighted by Crippen LogP contribution is -2.55. The molecule has 172 valence electrons. The molecule has 1 aliphatic heterocycles. The lowest BCUT2D eigenvalue weighted by Gasteiger charge is -2.43. The topological polar surface area (TPSA) is 94.2 Å². The number of anilines is 1. The third-order valence-corrected chi connectivity index (χ3v) is 6.67. The number of fused-ring (bicyclic) bond motifs is 1. The average Bonchev–Trinajstić information content (AvgIpc) is 3.57.